The SMILES string of the molecule is C1=CC2CC1C1CC3C(CC21)C1CC3C2C3CCC(C3)C12.C1=CC2CC1C1CC3C(CC21)C1CC3C2C3CCC(C3)C12.C1=CC2CC1C1CC3C4CCC(C4)C3CC21.CC.CC.CC.CC1C(C)C2CC1C1CC3C4C=CC(C4)C3CC21.CC1CC2CC1C1C3CC(C4CC5C6C=CC(C6)C5CC43)C21.CC1CC2CC1C1CC3C4C=CC(C4)C3CC21.CCC1CC2CC1C1CC3C4C=CC(C4)C3CC21. The van der Waals surface area contributed by atoms with E-state index in [4.69, 9.17) is 0 Å². The first-order valence-corrected chi connectivity index (χ1v) is 66.1. The summed E-state index contributed by atoms with van der Waals surface area (Å²) in [4.78, 5) is 0. The second kappa shape index (κ2) is 33.6. The summed E-state index contributed by atoms with van der Waals surface area (Å²) in [5, 5.41) is 0. The van der Waals surface area contributed by atoms with Gasteiger partial charge in [0.1, 0.15) is 0 Å². The molecule has 0 saturated heterocycles. The van der Waals surface area contributed by atoms with E-state index < -0.39 is 0 Å². The summed E-state index contributed by atoms with van der Waals surface area (Å²) in [7, 11) is 0. The molecule has 0 aromatic rings. The quantitative estimate of drug-likeness (QED) is 0.181. The van der Waals surface area contributed by atoms with Gasteiger partial charge in [0.15, 0.2) is 0 Å². The number of rotatable bonds is 1. The second-order valence-corrected chi connectivity index (χ2v) is 62.8. The highest BCUT2D eigenvalue weighted by Crippen LogP contribution is 2.81. The molecule has 0 N–H and O–H groups in total. The molecule has 34 bridgehead atoms. The van der Waals surface area contributed by atoms with E-state index in [1.54, 1.807) is 231 Å². The van der Waals surface area contributed by atoms with Gasteiger partial charge in [-0.2, -0.15) is 0 Å². The Bertz CT molecular complexity index is 4550. The van der Waals surface area contributed by atoms with Crippen molar-refractivity contribution in [3.63, 3.8) is 0 Å². The molecular weight excluding hydrogens is 1670 g/mol. The maximum atomic E-state index is 2.61. The van der Waals surface area contributed by atoms with Crippen molar-refractivity contribution >= 4 is 0 Å². The van der Waals surface area contributed by atoms with Crippen molar-refractivity contribution in [3.05, 3.63) is 85.1 Å². The summed E-state index contributed by atoms with van der Waals surface area (Å²) in [6.07, 6.45) is 102. The van der Waals surface area contributed by atoms with Crippen LogP contribution in [0.25, 0.3) is 0 Å². The third-order valence-corrected chi connectivity index (χ3v) is 61.7. The van der Waals surface area contributed by atoms with Crippen LogP contribution in [0.15, 0.2) is 85.1 Å². The van der Waals surface area contributed by atoms with Crippen LogP contribution in [0.3, 0.4) is 0 Å². The van der Waals surface area contributed by atoms with E-state index in [0.717, 1.165) is 272 Å². The van der Waals surface area contributed by atoms with E-state index >= 15 is 0 Å². The molecule has 0 aliphatic heterocycles. The lowest BCUT2D eigenvalue weighted by atomic mass is 9.54. The van der Waals surface area contributed by atoms with Crippen LogP contribution < -0.4 is 0 Å². The van der Waals surface area contributed by atoms with Crippen LogP contribution in [0.2, 0.25) is 0 Å². The van der Waals surface area contributed by atoms with E-state index in [0.29, 0.717) is 0 Å². The molecule has 0 radical (unpaired) electrons. The monoisotopic (exact) mass is 1870 g/mol. The fourth-order valence-electron chi connectivity index (χ4n) is 58.3. The lowest BCUT2D eigenvalue weighted by molar-refractivity contribution is -0.0174. The normalized spacial score (nSPS) is 65.6. The Morgan fingerprint density at radius 3 is 0.633 bits per heavy atom. The maximum Gasteiger partial charge on any atom is -0.0196 e. The van der Waals surface area contributed by atoms with Crippen LogP contribution in [-0.4, -0.2) is 0 Å². The zero-order valence-electron chi connectivity index (χ0n) is 90.2. The molecule has 41 rings (SSSR count). The Hall–Kier alpha value is -1.82. The summed E-state index contributed by atoms with van der Waals surface area (Å²) in [5.41, 5.74) is 0. The minimum Gasteiger partial charge on any atom is -0.0848 e. The predicted molar refractivity (Wildman–Crippen MR) is 570 cm³/mol. The van der Waals surface area contributed by atoms with Gasteiger partial charge < -0.3 is 0 Å². The van der Waals surface area contributed by atoms with Gasteiger partial charge in [-0.25, -0.2) is 0 Å². The van der Waals surface area contributed by atoms with Crippen molar-refractivity contribution in [2.24, 2.45) is 432 Å². The zero-order valence-corrected chi connectivity index (χ0v) is 90.2. The molecule has 34 fully saturated rings. The van der Waals surface area contributed by atoms with Crippen LogP contribution in [0.4, 0.5) is 0 Å². The highest BCUT2D eigenvalue weighted by Gasteiger charge is 2.74. The summed E-state index contributed by atoms with van der Waals surface area (Å²) >= 11 is 0. The van der Waals surface area contributed by atoms with Crippen molar-refractivity contribution in [1.82, 2.24) is 0 Å². The van der Waals surface area contributed by atoms with Gasteiger partial charge in [-0.05, 0) is 689 Å². The Labute approximate surface area is 850 Å². The lowest BCUT2D eigenvalue weighted by Gasteiger charge is -2.50. The van der Waals surface area contributed by atoms with Crippen molar-refractivity contribution in [1.29, 1.82) is 0 Å². The Kier molecular flexibility index (Phi) is 21.7. The van der Waals surface area contributed by atoms with Crippen molar-refractivity contribution < 1.29 is 0 Å². The first-order chi connectivity index (χ1) is 68.4. The van der Waals surface area contributed by atoms with Crippen molar-refractivity contribution in [2.45, 2.75) is 339 Å². The third-order valence-electron chi connectivity index (χ3n) is 61.7. The molecule has 0 nitrogen and oxygen atoms in total. The molecule has 34 saturated carbocycles. The molecule has 73 unspecified atom stereocenters. The van der Waals surface area contributed by atoms with Gasteiger partial charge in [0.05, 0.1) is 0 Å². The predicted octanol–water partition coefficient (Wildman–Crippen LogP) is 34.5. The number of hydrogen-bond acceptors (Lipinski definition) is 0. The number of fused-ring (bicyclic) bond motifs is 91. The third kappa shape index (κ3) is 12.8. The molecule has 41 aliphatic carbocycles. The molecule has 0 aromatic heterocycles. The maximum absolute atomic E-state index is 2.61. The standard InChI is InChI=1S/C22H30.2C21H28.2C18H26.C17H24.C16H22.3C2H6/c1-10-4-13-6-14(10)22-20-9-19(21(13)22)17-7-15-11-2-3-12(5-11)16(15)8-18(17)20;2*1-2-11-5-10(1)14-7-16-17(8-15(11)14)19-9-18(16)20-12-3-4-13(6-12)21(19)20;1-9-10(2)14-6-13(9)17-7-15-11-3-4-12(5-11)16(15)8-18(14)17;1-2-10-5-13-7-14(10)18-9-16-12-4-3-11(6-12)15(16)8-17(13)18;1-9-4-12-6-13(9)17-8-15-11-3-2-10(5-11)14(15)7-16(12)17;1-2-10-5-9(1)13-7-15-11-3-4-12(6-11)16(15)8-14(10)13;3*1-2/h2-3,10-22H,4-9H2,1H3;2*1-2,10-21H,3-9H2;3-4,9-18H,5-8H2,1-2H3;3-4,10-18H,2,5-9H2,1H3;2-3,9-17H,4-8H2,1H3;1-2,9-16H,3-8H2;3*1-2H3. The molecule has 0 aromatic carbocycles. The summed E-state index contributed by atoms with van der Waals surface area (Å²) in [6.45, 7) is 24.7. The van der Waals surface area contributed by atoms with Gasteiger partial charge in [0.2, 0.25) is 0 Å². The molecule has 73 atom stereocenters. The summed E-state index contributed by atoms with van der Waals surface area (Å²) in [6, 6.07) is 0. The first-order valence-electron chi connectivity index (χ1n) is 66.1. The molecule has 0 spiro atoms. The van der Waals surface area contributed by atoms with E-state index in [-0.39, 0.29) is 0 Å². The summed E-state index contributed by atoms with van der Waals surface area (Å²) in [5.74, 6) is 82.0. The average Bonchev–Trinajstić information content (AvgIpc) is 1.53. The smallest absolute Gasteiger partial charge is 0.0196 e. The van der Waals surface area contributed by atoms with Crippen LogP contribution in [0, 0.1) is 432 Å². The minimum atomic E-state index is 0.993. The topological polar surface area (TPSA) is 0 Å². The molecule has 0 heteroatoms. The van der Waals surface area contributed by atoms with Crippen LogP contribution in [0.1, 0.15) is 339 Å². The van der Waals surface area contributed by atoms with E-state index in [1.165, 1.54) is 192 Å². The highest BCUT2D eigenvalue weighted by atomic mass is 14.8. The van der Waals surface area contributed by atoms with E-state index in [9.17, 15) is 0 Å². The minimum absolute atomic E-state index is 0.993. The molecule has 758 valence electrons. The number of hydrogen-bond donors (Lipinski definition) is 0. The molecule has 0 heterocycles. The highest BCUT2D eigenvalue weighted by molar-refractivity contribution is 5.29. The second-order valence-electron chi connectivity index (χ2n) is 62.8. The molecule has 139 heavy (non-hydrogen) atoms. The van der Waals surface area contributed by atoms with Crippen LogP contribution >= 0.6 is 0 Å². The van der Waals surface area contributed by atoms with Gasteiger partial charge in [0, 0.05) is 0 Å². The van der Waals surface area contributed by atoms with Gasteiger partial charge >= 0.3 is 0 Å². The van der Waals surface area contributed by atoms with Gasteiger partial charge in [0.25, 0.3) is 0 Å². The lowest BCUT2D eigenvalue weighted by Crippen LogP contribution is -2.45. The Balaban J connectivity index is 0.0000000730. The van der Waals surface area contributed by atoms with Crippen LogP contribution in [-0.2, 0) is 0 Å². The van der Waals surface area contributed by atoms with Gasteiger partial charge in [-0.15, -0.1) is 0 Å². The van der Waals surface area contributed by atoms with Crippen molar-refractivity contribution in [3.8, 4) is 0 Å². The largest absolute Gasteiger partial charge is 0.0848 e. The van der Waals surface area contributed by atoms with Gasteiger partial charge in [-0.3, -0.25) is 0 Å². The van der Waals surface area contributed by atoms with Gasteiger partial charge in [-0.1, -0.05) is 168 Å². The van der Waals surface area contributed by atoms with E-state index in [2.05, 4.69) is 120 Å². The zero-order chi connectivity index (χ0) is 92.0. The molecule has 41 aliphatic rings. The Morgan fingerprint density at radius 2 is 0.331 bits per heavy atom. The fourth-order valence-corrected chi connectivity index (χ4v) is 58.3. The molecule has 0 amide bonds. The fraction of sp³-hybridized carbons (Fsp3) is 0.899. The molecular formula is C139H202. The Morgan fingerprint density at radius 1 is 0.137 bits per heavy atom. The summed E-state index contributed by atoms with van der Waals surface area (Å²) < 4.78 is 0. The average molecular weight is 1870 g/mol. The van der Waals surface area contributed by atoms with Crippen LogP contribution in [0.5, 0.6) is 0 Å². The van der Waals surface area contributed by atoms with Crippen molar-refractivity contribution in [2.75, 3.05) is 0 Å². The van der Waals surface area contributed by atoms with E-state index in [1.807, 2.05) is 41.5 Å². The number of allylic oxidation sites excluding steroid dienone is 14. The first kappa shape index (κ1) is 89.9.